The third-order valence-corrected chi connectivity index (χ3v) is 3.25. The standard InChI is InChI=1S/C13H21N3O/c1-10(2)4-3-7-16-9-15-12-8-14-6-5-11(12)13(16)17/h9-10,14H,3-8H2,1-2H3. The van der Waals surface area contributed by atoms with E-state index in [1.807, 2.05) is 0 Å². The van der Waals surface area contributed by atoms with Gasteiger partial charge in [0, 0.05) is 18.7 Å². The van der Waals surface area contributed by atoms with Gasteiger partial charge >= 0.3 is 0 Å². The Kier molecular flexibility index (Phi) is 3.94. The summed E-state index contributed by atoms with van der Waals surface area (Å²) >= 11 is 0. The van der Waals surface area contributed by atoms with E-state index in [1.165, 1.54) is 0 Å². The minimum absolute atomic E-state index is 0.167. The SMILES string of the molecule is CC(C)CCCn1cnc2c(c1=O)CCNC2. The maximum absolute atomic E-state index is 12.2. The quantitative estimate of drug-likeness (QED) is 0.856. The Morgan fingerprint density at radius 1 is 1.53 bits per heavy atom. The molecule has 17 heavy (non-hydrogen) atoms. The molecule has 0 aliphatic carbocycles. The molecule has 2 rings (SSSR count). The fourth-order valence-corrected chi connectivity index (χ4v) is 2.22. The Balaban J connectivity index is 2.11. The summed E-state index contributed by atoms with van der Waals surface area (Å²) in [4.78, 5) is 16.6. The van der Waals surface area contributed by atoms with E-state index in [2.05, 4.69) is 24.1 Å². The Labute approximate surface area is 102 Å². The van der Waals surface area contributed by atoms with Gasteiger partial charge in [0.2, 0.25) is 0 Å². The fraction of sp³-hybridized carbons (Fsp3) is 0.692. The van der Waals surface area contributed by atoms with Gasteiger partial charge in [-0.3, -0.25) is 9.36 Å². The molecule has 2 heterocycles. The zero-order chi connectivity index (χ0) is 12.3. The van der Waals surface area contributed by atoms with Crippen LogP contribution in [0.25, 0.3) is 0 Å². The molecule has 0 aromatic carbocycles. The monoisotopic (exact) mass is 235 g/mol. The lowest BCUT2D eigenvalue weighted by atomic mass is 10.1. The topological polar surface area (TPSA) is 46.9 Å². The van der Waals surface area contributed by atoms with Crippen molar-refractivity contribution in [3.63, 3.8) is 0 Å². The maximum Gasteiger partial charge on any atom is 0.256 e. The number of nitrogens with zero attached hydrogens (tertiary/aromatic N) is 2. The van der Waals surface area contributed by atoms with Crippen molar-refractivity contribution in [2.24, 2.45) is 5.92 Å². The molecule has 1 N–H and O–H groups in total. The highest BCUT2D eigenvalue weighted by atomic mass is 16.1. The first-order valence-corrected chi connectivity index (χ1v) is 6.46. The third-order valence-electron chi connectivity index (χ3n) is 3.25. The molecular formula is C13H21N3O. The van der Waals surface area contributed by atoms with Crippen LogP contribution in [0.15, 0.2) is 11.1 Å². The Morgan fingerprint density at radius 3 is 3.12 bits per heavy atom. The molecule has 0 saturated heterocycles. The molecule has 0 radical (unpaired) electrons. The van der Waals surface area contributed by atoms with Crippen LogP contribution in [-0.4, -0.2) is 16.1 Å². The van der Waals surface area contributed by atoms with Gasteiger partial charge in [-0.15, -0.1) is 0 Å². The smallest absolute Gasteiger partial charge is 0.256 e. The van der Waals surface area contributed by atoms with Crippen LogP contribution >= 0.6 is 0 Å². The zero-order valence-electron chi connectivity index (χ0n) is 10.7. The zero-order valence-corrected chi connectivity index (χ0v) is 10.7. The maximum atomic E-state index is 12.2. The van der Waals surface area contributed by atoms with Crippen molar-refractivity contribution < 1.29 is 0 Å². The van der Waals surface area contributed by atoms with Crippen molar-refractivity contribution in [1.29, 1.82) is 0 Å². The molecule has 0 unspecified atom stereocenters. The first-order chi connectivity index (χ1) is 8.18. The predicted octanol–water partition coefficient (Wildman–Crippen LogP) is 1.33. The molecule has 1 aromatic rings. The molecule has 94 valence electrons. The average Bonchev–Trinajstić information content (AvgIpc) is 2.32. The van der Waals surface area contributed by atoms with E-state index in [0.717, 1.165) is 50.2 Å². The van der Waals surface area contributed by atoms with Gasteiger partial charge in [-0.25, -0.2) is 4.98 Å². The molecule has 1 aliphatic heterocycles. The summed E-state index contributed by atoms with van der Waals surface area (Å²) in [6, 6.07) is 0. The van der Waals surface area contributed by atoms with Gasteiger partial charge in [0.05, 0.1) is 12.0 Å². The normalized spacial score (nSPS) is 15.0. The summed E-state index contributed by atoms with van der Waals surface area (Å²) in [5, 5.41) is 3.24. The van der Waals surface area contributed by atoms with E-state index in [9.17, 15) is 4.79 Å². The summed E-state index contributed by atoms with van der Waals surface area (Å²) < 4.78 is 1.77. The fourth-order valence-electron chi connectivity index (χ4n) is 2.22. The molecule has 0 saturated carbocycles. The van der Waals surface area contributed by atoms with Crippen molar-refractivity contribution in [3.8, 4) is 0 Å². The molecule has 4 nitrogen and oxygen atoms in total. The van der Waals surface area contributed by atoms with Crippen LogP contribution < -0.4 is 10.9 Å². The summed E-state index contributed by atoms with van der Waals surface area (Å²) in [5.41, 5.74) is 2.01. The molecule has 0 atom stereocenters. The van der Waals surface area contributed by atoms with Gasteiger partial charge in [0.25, 0.3) is 5.56 Å². The number of hydrogen-bond donors (Lipinski definition) is 1. The highest BCUT2D eigenvalue weighted by Gasteiger charge is 2.14. The number of fused-ring (bicyclic) bond motifs is 1. The first kappa shape index (κ1) is 12.3. The lowest BCUT2D eigenvalue weighted by Crippen LogP contribution is -2.34. The summed E-state index contributed by atoms with van der Waals surface area (Å²) in [6.07, 6.45) is 4.72. The Hall–Kier alpha value is -1.16. The van der Waals surface area contributed by atoms with E-state index < -0.39 is 0 Å². The van der Waals surface area contributed by atoms with Crippen LogP contribution in [0.5, 0.6) is 0 Å². The van der Waals surface area contributed by atoms with Gasteiger partial charge in [-0.1, -0.05) is 13.8 Å². The van der Waals surface area contributed by atoms with Gasteiger partial charge in [-0.2, -0.15) is 0 Å². The lowest BCUT2D eigenvalue weighted by Gasteiger charge is -2.17. The second-order valence-corrected chi connectivity index (χ2v) is 5.13. The van der Waals surface area contributed by atoms with Crippen LogP contribution in [0.2, 0.25) is 0 Å². The van der Waals surface area contributed by atoms with E-state index in [4.69, 9.17) is 0 Å². The molecule has 0 bridgehead atoms. The van der Waals surface area contributed by atoms with E-state index >= 15 is 0 Å². The van der Waals surface area contributed by atoms with E-state index in [1.54, 1.807) is 10.9 Å². The average molecular weight is 235 g/mol. The number of aryl methyl sites for hydroxylation is 1. The minimum atomic E-state index is 0.167. The van der Waals surface area contributed by atoms with Gasteiger partial charge in [0.15, 0.2) is 0 Å². The van der Waals surface area contributed by atoms with Crippen molar-refractivity contribution in [3.05, 3.63) is 27.9 Å². The second-order valence-electron chi connectivity index (χ2n) is 5.13. The third kappa shape index (κ3) is 2.94. The Bertz CT molecular complexity index is 437. The summed E-state index contributed by atoms with van der Waals surface area (Å²) in [6.45, 7) is 6.83. The Morgan fingerprint density at radius 2 is 2.35 bits per heavy atom. The summed E-state index contributed by atoms with van der Waals surface area (Å²) in [5.74, 6) is 0.695. The van der Waals surface area contributed by atoms with Crippen LogP contribution in [0.4, 0.5) is 0 Å². The number of aromatic nitrogens is 2. The summed E-state index contributed by atoms with van der Waals surface area (Å²) in [7, 11) is 0. The number of nitrogens with one attached hydrogen (secondary N) is 1. The molecule has 1 aliphatic rings. The highest BCUT2D eigenvalue weighted by Crippen LogP contribution is 2.07. The van der Waals surface area contributed by atoms with Crippen LogP contribution in [-0.2, 0) is 19.5 Å². The first-order valence-electron chi connectivity index (χ1n) is 6.46. The van der Waals surface area contributed by atoms with E-state index in [-0.39, 0.29) is 5.56 Å². The largest absolute Gasteiger partial charge is 0.311 e. The minimum Gasteiger partial charge on any atom is -0.311 e. The van der Waals surface area contributed by atoms with Gasteiger partial charge in [0.1, 0.15) is 0 Å². The van der Waals surface area contributed by atoms with Crippen molar-refractivity contribution in [2.75, 3.05) is 6.54 Å². The number of hydrogen-bond acceptors (Lipinski definition) is 3. The van der Waals surface area contributed by atoms with Crippen LogP contribution in [0.3, 0.4) is 0 Å². The molecule has 0 amide bonds. The van der Waals surface area contributed by atoms with Crippen molar-refractivity contribution in [1.82, 2.24) is 14.9 Å². The molecule has 0 spiro atoms. The van der Waals surface area contributed by atoms with Gasteiger partial charge in [-0.05, 0) is 31.7 Å². The molecule has 4 heteroatoms. The highest BCUT2D eigenvalue weighted by molar-refractivity contribution is 5.19. The van der Waals surface area contributed by atoms with Crippen molar-refractivity contribution in [2.45, 2.75) is 46.2 Å². The lowest BCUT2D eigenvalue weighted by molar-refractivity contribution is 0.495. The second kappa shape index (κ2) is 5.45. The molecule has 0 fully saturated rings. The number of rotatable bonds is 4. The molecular weight excluding hydrogens is 214 g/mol. The predicted molar refractivity (Wildman–Crippen MR) is 68.0 cm³/mol. The van der Waals surface area contributed by atoms with Gasteiger partial charge < -0.3 is 5.32 Å². The van der Waals surface area contributed by atoms with Crippen LogP contribution in [0, 0.1) is 5.92 Å². The van der Waals surface area contributed by atoms with E-state index in [0.29, 0.717) is 5.92 Å². The van der Waals surface area contributed by atoms with Crippen LogP contribution in [0.1, 0.15) is 37.9 Å². The molecule has 1 aromatic heterocycles. The van der Waals surface area contributed by atoms with Crippen molar-refractivity contribution >= 4 is 0 Å².